The minimum absolute atomic E-state index is 0.231. The van der Waals surface area contributed by atoms with E-state index in [0.29, 0.717) is 6.42 Å². The number of aliphatic carboxylic acids is 2. The lowest BCUT2D eigenvalue weighted by molar-refractivity contribution is -0.145. The van der Waals surface area contributed by atoms with Gasteiger partial charge in [-0.1, -0.05) is 33.1 Å². The molecule has 0 spiro atoms. The van der Waals surface area contributed by atoms with Crippen LogP contribution in [0.2, 0.25) is 0 Å². The summed E-state index contributed by atoms with van der Waals surface area (Å²) in [5, 5.41) is 17.6. The molecule has 0 heterocycles. The molecule has 0 aliphatic carbocycles. The van der Waals surface area contributed by atoms with Crippen molar-refractivity contribution in [2.75, 3.05) is 0 Å². The van der Waals surface area contributed by atoms with Gasteiger partial charge in [0, 0.05) is 0 Å². The van der Waals surface area contributed by atoms with E-state index < -0.39 is 23.8 Å². The third kappa shape index (κ3) is 6.10. The van der Waals surface area contributed by atoms with Crippen molar-refractivity contribution in [1.29, 1.82) is 0 Å². The first-order valence-corrected chi connectivity index (χ1v) is 5.44. The fraction of sp³-hybridized carbons (Fsp3) is 0.818. The molecule has 4 heteroatoms. The van der Waals surface area contributed by atoms with Crippen LogP contribution >= 0.6 is 0 Å². The first-order valence-electron chi connectivity index (χ1n) is 5.44. The van der Waals surface area contributed by atoms with Gasteiger partial charge in [0.25, 0.3) is 0 Å². The van der Waals surface area contributed by atoms with E-state index in [2.05, 4.69) is 6.92 Å². The van der Waals surface area contributed by atoms with Gasteiger partial charge in [0.15, 0.2) is 0 Å². The van der Waals surface area contributed by atoms with Crippen LogP contribution in [0.25, 0.3) is 0 Å². The first-order chi connectivity index (χ1) is 6.99. The third-order valence-corrected chi connectivity index (χ3v) is 2.57. The number of hydrogen-bond donors (Lipinski definition) is 2. The van der Waals surface area contributed by atoms with Gasteiger partial charge < -0.3 is 10.2 Å². The van der Waals surface area contributed by atoms with Crippen molar-refractivity contribution in [2.45, 2.75) is 46.0 Å². The van der Waals surface area contributed by atoms with Gasteiger partial charge in [-0.3, -0.25) is 9.59 Å². The van der Waals surface area contributed by atoms with Crippen molar-refractivity contribution in [1.82, 2.24) is 0 Å². The van der Waals surface area contributed by atoms with E-state index in [1.165, 1.54) is 0 Å². The molecule has 2 N–H and O–H groups in total. The minimum Gasteiger partial charge on any atom is -0.481 e. The van der Waals surface area contributed by atoms with E-state index in [1.807, 2.05) is 0 Å². The second kappa shape index (κ2) is 7.26. The smallest absolute Gasteiger partial charge is 0.306 e. The Kier molecular flexibility index (Phi) is 6.75. The molecule has 0 aromatic heterocycles. The quantitative estimate of drug-likeness (QED) is 0.611. The van der Waals surface area contributed by atoms with Crippen molar-refractivity contribution in [2.24, 2.45) is 11.8 Å². The Morgan fingerprint density at radius 1 is 1.13 bits per heavy atom. The van der Waals surface area contributed by atoms with Crippen LogP contribution in [0.1, 0.15) is 46.0 Å². The zero-order valence-corrected chi connectivity index (χ0v) is 9.40. The standard InChI is InChI=1S/C11H20O4/c1-3-4-5-6-9(11(14)15)7-8(2)10(12)13/h8-9H,3-7H2,1-2H3,(H,12,13)(H,14,15). The molecule has 2 unspecified atom stereocenters. The molecule has 15 heavy (non-hydrogen) atoms. The van der Waals surface area contributed by atoms with E-state index in [-0.39, 0.29) is 6.42 Å². The Morgan fingerprint density at radius 3 is 2.13 bits per heavy atom. The van der Waals surface area contributed by atoms with Gasteiger partial charge in [0.05, 0.1) is 11.8 Å². The van der Waals surface area contributed by atoms with Gasteiger partial charge >= 0.3 is 11.9 Å². The Bertz CT molecular complexity index is 213. The van der Waals surface area contributed by atoms with Crippen LogP contribution in [0.3, 0.4) is 0 Å². The van der Waals surface area contributed by atoms with E-state index in [4.69, 9.17) is 10.2 Å². The lowest BCUT2D eigenvalue weighted by Crippen LogP contribution is -2.21. The van der Waals surface area contributed by atoms with E-state index >= 15 is 0 Å². The van der Waals surface area contributed by atoms with Gasteiger partial charge in [-0.2, -0.15) is 0 Å². The maximum atomic E-state index is 10.9. The molecule has 0 rings (SSSR count). The zero-order valence-electron chi connectivity index (χ0n) is 9.40. The van der Waals surface area contributed by atoms with Crippen LogP contribution in [0, 0.1) is 11.8 Å². The molecular weight excluding hydrogens is 196 g/mol. The lowest BCUT2D eigenvalue weighted by Gasteiger charge is -2.14. The highest BCUT2D eigenvalue weighted by molar-refractivity contribution is 5.73. The molecule has 0 saturated carbocycles. The number of carboxylic acid groups (broad SMARTS) is 2. The van der Waals surface area contributed by atoms with E-state index in [1.54, 1.807) is 6.92 Å². The Labute approximate surface area is 90.3 Å². The SMILES string of the molecule is CCCCCC(CC(C)C(=O)O)C(=O)O. The van der Waals surface area contributed by atoms with Crippen molar-refractivity contribution in [3.05, 3.63) is 0 Å². The van der Waals surface area contributed by atoms with Gasteiger partial charge in [0.2, 0.25) is 0 Å². The summed E-state index contributed by atoms with van der Waals surface area (Å²) < 4.78 is 0. The highest BCUT2D eigenvalue weighted by Crippen LogP contribution is 2.19. The van der Waals surface area contributed by atoms with Gasteiger partial charge in [0.1, 0.15) is 0 Å². The van der Waals surface area contributed by atoms with Crippen molar-refractivity contribution >= 4 is 11.9 Å². The fourth-order valence-corrected chi connectivity index (χ4v) is 1.51. The molecule has 88 valence electrons. The molecule has 2 atom stereocenters. The second-order valence-electron chi connectivity index (χ2n) is 4.01. The van der Waals surface area contributed by atoms with Crippen LogP contribution in [0.5, 0.6) is 0 Å². The molecular formula is C11H20O4. The van der Waals surface area contributed by atoms with Crippen LogP contribution < -0.4 is 0 Å². The first kappa shape index (κ1) is 13.9. The summed E-state index contributed by atoms with van der Waals surface area (Å²) in [5.74, 6) is -2.88. The fourth-order valence-electron chi connectivity index (χ4n) is 1.51. The summed E-state index contributed by atoms with van der Waals surface area (Å²) in [6.45, 7) is 3.60. The molecule has 0 aromatic carbocycles. The third-order valence-electron chi connectivity index (χ3n) is 2.57. The lowest BCUT2D eigenvalue weighted by atomic mass is 9.91. The molecule has 0 amide bonds. The second-order valence-corrected chi connectivity index (χ2v) is 4.01. The monoisotopic (exact) mass is 216 g/mol. The number of unbranched alkanes of at least 4 members (excludes halogenated alkanes) is 2. The largest absolute Gasteiger partial charge is 0.481 e. The average Bonchev–Trinajstić information content (AvgIpc) is 2.15. The zero-order chi connectivity index (χ0) is 11.8. The summed E-state index contributed by atoms with van der Waals surface area (Å²) in [6, 6.07) is 0. The molecule has 0 fully saturated rings. The molecule has 4 nitrogen and oxygen atoms in total. The van der Waals surface area contributed by atoms with Crippen LogP contribution in [0.15, 0.2) is 0 Å². The molecule has 0 aliphatic heterocycles. The number of rotatable bonds is 8. The normalized spacial score (nSPS) is 14.5. The number of carbonyl (C=O) groups is 2. The topological polar surface area (TPSA) is 74.6 Å². The van der Waals surface area contributed by atoms with E-state index in [9.17, 15) is 9.59 Å². The minimum atomic E-state index is -0.920. The van der Waals surface area contributed by atoms with Gasteiger partial charge in [-0.05, 0) is 12.8 Å². The van der Waals surface area contributed by atoms with E-state index in [0.717, 1.165) is 19.3 Å². The predicted octanol–water partition coefficient (Wildman–Crippen LogP) is 2.38. The number of carboxylic acids is 2. The highest BCUT2D eigenvalue weighted by Gasteiger charge is 2.23. The molecule has 0 radical (unpaired) electrons. The summed E-state index contributed by atoms with van der Waals surface area (Å²) in [5.41, 5.74) is 0. The van der Waals surface area contributed by atoms with Crippen LogP contribution in [-0.2, 0) is 9.59 Å². The van der Waals surface area contributed by atoms with Crippen molar-refractivity contribution in [3.63, 3.8) is 0 Å². The maximum Gasteiger partial charge on any atom is 0.306 e. The van der Waals surface area contributed by atoms with Gasteiger partial charge in [-0.15, -0.1) is 0 Å². The van der Waals surface area contributed by atoms with Gasteiger partial charge in [-0.25, -0.2) is 0 Å². The summed E-state index contributed by atoms with van der Waals surface area (Å²) in [7, 11) is 0. The van der Waals surface area contributed by atoms with Crippen molar-refractivity contribution in [3.8, 4) is 0 Å². The molecule has 0 aromatic rings. The molecule has 0 saturated heterocycles. The Morgan fingerprint density at radius 2 is 1.73 bits per heavy atom. The van der Waals surface area contributed by atoms with Crippen LogP contribution in [0.4, 0.5) is 0 Å². The predicted molar refractivity (Wildman–Crippen MR) is 56.7 cm³/mol. The molecule has 0 bridgehead atoms. The number of hydrogen-bond acceptors (Lipinski definition) is 2. The summed E-state index contributed by atoms with van der Waals surface area (Å²) >= 11 is 0. The maximum absolute atomic E-state index is 10.9. The summed E-state index contributed by atoms with van der Waals surface area (Å²) in [4.78, 5) is 21.5. The Balaban J connectivity index is 4.04. The van der Waals surface area contributed by atoms with Crippen molar-refractivity contribution < 1.29 is 19.8 Å². The summed E-state index contributed by atoms with van der Waals surface area (Å²) in [6.07, 6.45) is 3.72. The highest BCUT2D eigenvalue weighted by atomic mass is 16.4. The Hall–Kier alpha value is -1.06. The average molecular weight is 216 g/mol. The van der Waals surface area contributed by atoms with Crippen LogP contribution in [-0.4, -0.2) is 22.2 Å². The molecule has 0 aliphatic rings.